The number of benzene rings is 1. The van der Waals surface area contributed by atoms with Gasteiger partial charge >= 0.3 is 0 Å². The van der Waals surface area contributed by atoms with Crippen LogP contribution >= 0.6 is 0 Å². The van der Waals surface area contributed by atoms with E-state index in [1.54, 1.807) is 6.08 Å². The fourth-order valence-corrected chi connectivity index (χ4v) is 3.42. The molecule has 0 radical (unpaired) electrons. The van der Waals surface area contributed by atoms with Gasteiger partial charge in [0.2, 0.25) is 5.91 Å². The van der Waals surface area contributed by atoms with Gasteiger partial charge in [-0.25, -0.2) is 0 Å². The number of aromatic nitrogens is 3. The van der Waals surface area contributed by atoms with Gasteiger partial charge in [-0.3, -0.25) is 9.20 Å². The van der Waals surface area contributed by atoms with Crippen molar-refractivity contribution in [3.8, 4) is 0 Å². The van der Waals surface area contributed by atoms with E-state index in [1.165, 1.54) is 5.56 Å². The molecule has 2 aromatic heterocycles. The summed E-state index contributed by atoms with van der Waals surface area (Å²) in [5.74, 6) is 0.863. The van der Waals surface area contributed by atoms with E-state index in [2.05, 4.69) is 16.3 Å². The van der Waals surface area contributed by atoms with E-state index in [0.717, 1.165) is 36.4 Å². The highest BCUT2D eigenvalue weighted by Crippen LogP contribution is 2.31. The first kappa shape index (κ1) is 15.6. The number of fused-ring (bicyclic) bond motifs is 1. The van der Waals surface area contributed by atoms with Gasteiger partial charge in [-0.1, -0.05) is 35.9 Å². The predicted molar refractivity (Wildman–Crippen MR) is 96.9 cm³/mol. The standard InChI is InChI=1S/C20H20N4O/c1-15-6-4-7-16(14-15)10-11-19(25)23-13-5-8-17(23)20-22-21-18-9-2-3-12-24(18)20/h2-4,6-7,9-12,14,17H,5,8,13H2,1H3/b11-10+/t17-/m0/s1. The van der Waals surface area contributed by atoms with E-state index in [0.29, 0.717) is 0 Å². The van der Waals surface area contributed by atoms with Crippen LogP contribution in [0.5, 0.6) is 0 Å². The number of rotatable bonds is 3. The number of aryl methyl sites for hydroxylation is 1. The SMILES string of the molecule is Cc1cccc(/C=C/C(=O)N2CCC[C@H]2c2nnc3ccccn23)c1. The Morgan fingerprint density at radius 2 is 2.12 bits per heavy atom. The minimum atomic E-state index is -0.0212. The normalized spacial score (nSPS) is 17.6. The lowest BCUT2D eigenvalue weighted by Crippen LogP contribution is -2.30. The predicted octanol–water partition coefficient (Wildman–Crippen LogP) is 3.41. The van der Waals surface area contributed by atoms with Crippen molar-refractivity contribution >= 4 is 17.6 Å². The molecule has 1 amide bonds. The van der Waals surface area contributed by atoms with Crippen molar-refractivity contribution in [2.24, 2.45) is 0 Å². The van der Waals surface area contributed by atoms with Gasteiger partial charge in [0, 0.05) is 18.8 Å². The Morgan fingerprint density at radius 1 is 1.20 bits per heavy atom. The van der Waals surface area contributed by atoms with Crippen molar-refractivity contribution in [1.29, 1.82) is 0 Å². The molecule has 1 aromatic carbocycles. The Balaban J connectivity index is 1.58. The van der Waals surface area contributed by atoms with E-state index < -0.39 is 0 Å². The number of hydrogen-bond donors (Lipinski definition) is 0. The van der Waals surface area contributed by atoms with Crippen molar-refractivity contribution < 1.29 is 4.79 Å². The van der Waals surface area contributed by atoms with Crippen molar-refractivity contribution in [2.45, 2.75) is 25.8 Å². The molecule has 3 heterocycles. The van der Waals surface area contributed by atoms with Gasteiger partial charge in [-0.2, -0.15) is 0 Å². The number of hydrogen-bond acceptors (Lipinski definition) is 3. The van der Waals surface area contributed by atoms with E-state index in [1.807, 2.05) is 64.9 Å². The quantitative estimate of drug-likeness (QED) is 0.691. The Labute approximate surface area is 146 Å². The summed E-state index contributed by atoms with van der Waals surface area (Å²) in [7, 11) is 0. The summed E-state index contributed by atoms with van der Waals surface area (Å²) < 4.78 is 1.97. The van der Waals surface area contributed by atoms with Crippen LogP contribution in [0.3, 0.4) is 0 Å². The smallest absolute Gasteiger partial charge is 0.247 e. The van der Waals surface area contributed by atoms with Gasteiger partial charge in [0.1, 0.15) is 0 Å². The molecule has 126 valence electrons. The maximum atomic E-state index is 12.7. The third-order valence-electron chi connectivity index (χ3n) is 4.63. The molecule has 5 nitrogen and oxygen atoms in total. The highest BCUT2D eigenvalue weighted by molar-refractivity contribution is 5.92. The van der Waals surface area contributed by atoms with Crippen LogP contribution in [0.25, 0.3) is 11.7 Å². The van der Waals surface area contributed by atoms with E-state index in [4.69, 9.17) is 0 Å². The molecule has 0 spiro atoms. The summed E-state index contributed by atoms with van der Waals surface area (Å²) in [6, 6.07) is 13.9. The number of amides is 1. The van der Waals surface area contributed by atoms with Crippen LogP contribution in [0.4, 0.5) is 0 Å². The Hall–Kier alpha value is -2.95. The molecule has 0 saturated carbocycles. The Morgan fingerprint density at radius 3 is 3.00 bits per heavy atom. The highest BCUT2D eigenvalue weighted by Gasteiger charge is 2.32. The molecule has 3 aromatic rings. The lowest BCUT2D eigenvalue weighted by atomic mass is 10.1. The van der Waals surface area contributed by atoms with Crippen LogP contribution in [0.2, 0.25) is 0 Å². The molecule has 4 rings (SSSR count). The Bertz CT molecular complexity index is 944. The summed E-state index contributed by atoms with van der Waals surface area (Å²) in [5, 5.41) is 8.55. The maximum Gasteiger partial charge on any atom is 0.247 e. The zero-order chi connectivity index (χ0) is 17.2. The zero-order valence-electron chi connectivity index (χ0n) is 14.2. The number of carbonyl (C=O) groups excluding carboxylic acids is 1. The lowest BCUT2D eigenvalue weighted by molar-refractivity contribution is -0.127. The first-order chi connectivity index (χ1) is 12.2. The highest BCUT2D eigenvalue weighted by atomic mass is 16.2. The largest absolute Gasteiger partial charge is 0.329 e. The van der Waals surface area contributed by atoms with Crippen molar-refractivity contribution in [3.63, 3.8) is 0 Å². The van der Waals surface area contributed by atoms with E-state index >= 15 is 0 Å². The van der Waals surface area contributed by atoms with Crippen LogP contribution in [0.15, 0.2) is 54.7 Å². The summed E-state index contributed by atoms with van der Waals surface area (Å²) in [5.41, 5.74) is 3.03. The summed E-state index contributed by atoms with van der Waals surface area (Å²) in [6.45, 7) is 2.80. The van der Waals surface area contributed by atoms with Crippen molar-refractivity contribution in [1.82, 2.24) is 19.5 Å². The molecule has 0 aliphatic carbocycles. The second-order valence-corrected chi connectivity index (χ2v) is 6.42. The molecule has 1 aliphatic heterocycles. The third kappa shape index (κ3) is 3.05. The minimum Gasteiger partial charge on any atom is -0.329 e. The summed E-state index contributed by atoms with van der Waals surface area (Å²) in [4.78, 5) is 14.6. The molecule has 5 heteroatoms. The van der Waals surface area contributed by atoms with Crippen LogP contribution in [0.1, 0.15) is 35.8 Å². The third-order valence-corrected chi connectivity index (χ3v) is 4.63. The number of pyridine rings is 1. The maximum absolute atomic E-state index is 12.7. The molecule has 0 unspecified atom stereocenters. The van der Waals surface area contributed by atoms with Crippen molar-refractivity contribution in [2.75, 3.05) is 6.54 Å². The second-order valence-electron chi connectivity index (χ2n) is 6.42. The van der Waals surface area contributed by atoms with E-state index in [9.17, 15) is 4.79 Å². The van der Waals surface area contributed by atoms with Crippen LogP contribution in [0, 0.1) is 6.92 Å². The number of likely N-dealkylation sites (tertiary alicyclic amines) is 1. The minimum absolute atomic E-state index is 0.0212. The molecule has 1 saturated heterocycles. The van der Waals surface area contributed by atoms with Crippen molar-refractivity contribution in [3.05, 3.63) is 71.7 Å². The molecule has 1 atom stereocenters. The molecular weight excluding hydrogens is 312 g/mol. The fourth-order valence-electron chi connectivity index (χ4n) is 3.42. The van der Waals surface area contributed by atoms with Gasteiger partial charge in [0.15, 0.2) is 11.5 Å². The molecular formula is C20H20N4O. The average molecular weight is 332 g/mol. The monoisotopic (exact) mass is 332 g/mol. The second kappa shape index (κ2) is 6.51. The van der Waals surface area contributed by atoms with Crippen LogP contribution < -0.4 is 0 Å². The fraction of sp³-hybridized carbons (Fsp3) is 0.250. The van der Waals surface area contributed by atoms with Gasteiger partial charge in [0.25, 0.3) is 0 Å². The van der Waals surface area contributed by atoms with Crippen LogP contribution in [-0.2, 0) is 4.79 Å². The summed E-state index contributed by atoms with van der Waals surface area (Å²) in [6.07, 6.45) is 7.40. The molecule has 1 aliphatic rings. The van der Waals surface area contributed by atoms with Crippen LogP contribution in [-0.4, -0.2) is 31.9 Å². The van der Waals surface area contributed by atoms with Gasteiger partial charge in [-0.05, 0) is 43.5 Å². The first-order valence-electron chi connectivity index (χ1n) is 8.57. The molecule has 25 heavy (non-hydrogen) atoms. The first-order valence-corrected chi connectivity index (χ1v) is 8.57. The number of nitrogens with zero attached hydrogens (tertiary/aromatic N) is 4. The number of carbonyl (C=O) groups is 1. The summed E-state index contributed by atoms with van der Waals surface area (Å²) >= 11 is 0. The molecule has 0 N–H and O–H groups in total. The van der Waals surface area contributed by atoms with Gasteiger partial charge in [0.05, 0.1) is 6.04 Å². The Kier molecular flexibility index (Phi) is 4.06. The molecule has 0 bridgehead atoms. The van der Waals surface area contributed by atoms with Gasteiger partial charge < -0.3 is 4.90 Å². The average Bonchev–Trinajstić information content (AvgIpc) is 3.26. The topological polar surface area (TPSA) is 50.5 Å². The van der Waals surface area contributed by atoms with E-state index in [-0.39, 0.29) is 11.9 Å². The van der Waals surface area contributed by atoms with Gasteiger partial charge in [-0.15, -0.1) is 10.2 Å². The molecule has 1 fully saturated rings. The lowest BCUT2D eigenvalue weighted by Gasteiger charge is -2.22. The zero-order valence-corrected chi connectivity index (χ0v) is 14.2.